The van der Waals surface area contributed by atoms with Gasteiger partial charge in [-0.15, -0.1) is 0 Å². The minimum absolute atomic E-state index is 0.0493. The van der Waals surface area contributed by atoms with Gasteiger partial charge in [0, 0.05) is 17.9 Å². The topological polar surface area (TPSA) is 46.9 Å². The highest BCUT2D eigenvalue weighted by molar-refractivity contribution is 5.95. The highest BCUT2D eigenvalue weighted by Crippen LogP contribution is 2.41. The van der Waals surface area contributed by atoms with Gasteiger partial charge in [0.1, 0.15) is 17.5 Å². The quantitative estimate of drug-likeness (QED) is 0.749. The summed E-state index contributed by atoms with van der Waals surface area (Å²) in [5.74, 6) is -1.37. The summed E-state index contributed by atoms with van der Waals surface area (Å²) in [6.45, 7) is 3.77. The van der Waals surface area contributed by atoms with Crippen molar-refractivity contribution in [1.82, 2.24) is 9.78 Å². The number of halogens is 2. The van der Waals surface area contributed by atoms with Gasteiger partial charge in [0.25, 0.3) is 0 Å². The molecule has 3 aromatic rings. The molecule has 1 unspecified atom stereocenters. The number of aromatic nitrogens is 2. The number of anilines is 1. The molecule has 4 rings (SSSR count). The molecule has 132 valence electrons. The first-order chi connectivity index (χ1) is 12.5. The van der Waals surface area contributed by atoms with E-state index in [1.807, 2.05) is 38.1 Å². The number of rotatable bonds is 2. The van der Waals surface area contributed by atoms with Gasteiger partial charge in [0.05, 0.1) is 11.4 Å². The normalized spacial score (nSPS) is 16.3. The summed E-state index contributed by atoms with van der Waals surface area (Å²) in [5, 5.41) is 7.43. The molecule has 26 heavy (non-hydrogen) atoms. The lowest BCUT2D eigenvalue weighted by atomic mass is 9.85. The summed E-state index contributed by atoms with van der Waals surface area (Å²) >= 11 is 0. The van der Waals surface area contributed by atoms with Crippen molar-refractivity contribution in [3.63, 3.8) is 0 Å². The molecule has 0 fully saturated rings. The number of carbonyl (C=O) groups excluding carboxylic acids is 1. The van der Waals surface area contributed by atoms with Gasteiger partial charge in [-0.1, -0.05) is 18.2 Å². The minimum Gasteiger partial charge on any atom is -0.310 e. The van der Waals surface area contributed by atoms with E-state index < -0.39 is 17.6 Å². The number of fused-ring (bicyclic) bond motifs is 1. The molecule has 0 saturated carbocycles. The predicted molar refractivity (Wildman–Crippen MR) is 94.5 cm³/mol. The molecule has 1 N–H and O–H groups in total. The van der Waals surface area contributed by atoms with Crippen LogP contribution >= 0.6 is 0 Å². The standard InChI is InChI=1S/C20H17F2N3O/c1-11-5-3-4-6-17(11)25-20-19(12(2)24-25)15(10-18(26)23-20)14-9-13(21)7-8-16(14)22/h3-9,15H,10H2,1-2H3,(H,23,26). The van der Waals surface area contributed by atoms with E-state index in [0.29, 0.717) is 11.5 Å². The highest BCUT2D eigenvalue weighted by Gasteiger charge is 2.34. The number of aryl methyl sites for hydroxylation is 2. The first-order valence-corrected chi connectivity index (χ1v) is 8.36. The molecule has 6 heteroatoms. The average Bonchev–Trinajstić information content (AvgIpc) is 2.93. The Balaban J connectivity index is 1.93. The summed E-state index contributed by atoms with van der Waals surface area (Å²) in [6.07, 6.45) is 0.0493. The van der Waals surface area contributed by atoms with Crippen LogP contribution < -0.4 is 5.32 Å². The Morgan fingerprint density at radius 1 is 1.15 bits per heavy atom. The van der Waals surface area contributed by atoms with Crippen LogP contribution in [-0.4, -0.2) is 15.7 Å². The zero-order valence-electron chi connectivity index (χ0n) is 14.4. The van der Waals surface area contributed by atoms with E-state index in [-0.39, 0.29) is 17.9 Å². The van der Waals surface area contributed by atoms with Crippen molar-refractivity contribution in [2.24, 2.45) is 0 Å². The number of para-hydroxylation sites is 1. The minimum atomic E-state index is -0.577. The summed E-state index contributed by atoms with van der Waals surface area (Å²) in [5.41, 5.74) is 3.39. The Bertz CT molecular complexity index is 1030. The van der Waals surface area contributed by atoms with Gasteiger partial charge in [0.2, 0.25) is 5.91 Å². The number of carbonyl (C=O) groups is 1. The number of benzene rings is 2. The number of hydrogen-bond donors (Lipinski definition) is 1. The Hall–Kier alpha value is -3.02. The van der Waals surface area contributed by atoms with Gasteiger partial charge in [-0.3, -0.25) is 4.79 Å². The lowest BCUT2D eigenvalue weighted by molar-refractivity contribution is -0.116. The van der Waals surface area contributed by atoms with E-state index in [1.165, 1.54) is 0 Å². The fraction of sp³-hybridized carbons (Fsp3) is 0.200. The zero-order chi connectivity index (χ0) is 18.4. The van der Waals surface area contributed by atoms with Crippen molar-refractivity contribution in [2.75, 3.05) is 5.32 Å². The monoisotopic (exact) mass is 353 g/mol. The third-order valence-corrected chi connectivity index (χ3v) is 4.78. The second-order valence-corrected chi connectivity index (χ2v) is 6.52. The zero-order valence-corrected chi connectivity index (χ0v) is 14.4. The average molecular weight is 353 g/mol. The van der Waals surface area contributed by atoms with Gasteiger partial charge < -0.3 is 5.32 Å². The van der Waals surface area contributed by atoms with Crippen molar-refractivity contribution < 1.29 is 13.6 Å². The maximum absolute atomic E-state index is 14.4. The van der Waals surface area contributed by atoms with Crippen LogP contribution in [0, 0.1) is 25.5 Å². The molecular formula is C20H17F2N3O. The highest BCUT2D eigenvalue weighted by atomic mass is 19.1. The molecule has 0 spiro atoms. The molecule has 1 atom stereocenters. The van der Waals surface area contributed by atoms with Crippen LogP contribution in [0.25, 0.3) is 5.69 Å². The molecule has 1 aromatic heterocycles. The Labute approximate surface area is 149 Å². The van der Waals surface area contributed by atoms with Crippen LogP contribution in [0.2, 0.25) is 0 Å². The number of nitrogens with zero attached hydrogens (tertiary/aromatic N) is 2. The summed E-state index contributed by atoms with van der Waals surface area (Å²) in [7, 11) is 0. The van der Waals surface area contributed by atoms with Gasteiger partial charge >= 0.3 is 0 Å². The SMILES string of the molecule is Cc1ccccc1-n1nc(C)c2c1NC(=O)CC2c1cc(F)ccc1F. The van der Waals surface area contributed by atoms with Crippen molar-refractivity contribution in [2.45, 2.75) is 26.2 Å². The molecule has 2 aromatic carbocycles. The maximum Gasteiger partial charge on any atom is 0.226 e. The smallest absolute Gasteiger partial charge is 0.226 e. The van der Waals surface area contributed by atoms with Gasteiger partial charge in [-0.25, -0.2) is 13.5 Å². The molecule has 0 radical (unpaired) electrons. The molecule has 2 heterocycles. The third kappa shape index (κ3) is 2.58. The lowest BCUT2D eigenvalue weighted by Gasteiger charge is -2.25. The molecule has 1 aliphatic rings. The van der Waals surface area contributed by atoms with Gasteiger partial charge in [-0.2, -0.15) is 5.10 Å². The first-order valence-electron chi connectivity index (χ1n) is 8.36. The van der Waals surface area contributed by atoms with Crippen molar-refractivity contribution in [3.8, 4) is 5.69 Å². The van der Waals surface area contributed by atoms with Crippen LogP contribution in [0.5, 0.6) is 0 Å². The van der Waals surface area contributed by atoms with Crippen molar-refractivity contribution in [3.05, 3.63) is 76.5 Å². The second kappa shape index (κ2) is 6.05. The third-order valence-electron chi connectivity index (χ3n) is 4.78. The molecule has 1 amide bonds. The van der Waals surface area contributed by atoms with E-state index in [0.717, 1.165) is 35.0 Å². The molecular weight excluding hydrogens is 336 g/mol. The Kier molecular flexibility index (Phi) is 3.83. The van der Waals surface area contributed by atoms with E-state index in [9.17, 15) is 13.6 Å². The number of amides is 1. The fourth-order valence-electron chi connectivity index (χ4n) is 3.57. The second-order valence-electron chi connectivity index (χ2n) is 6.52. The largest absolute Gasteiger partial charge is 0.310 e. The van der Waals surface area contributed by atoms with Crippen molar-refractivity contribution >= 4 is 11.7 Å². The Morgan fingerprint density at radius 2 is 1.92 bits per heavy atom. The molecule has 1 aliphatic heterocycles. The fourth-order valence-corrected chi connectivity index (χ4v) is 3.57. The van der Waals surface area contributed by atoms with E-state index >= 15 is 0 Å². The maximum atomic E-state index is 14.4. The van der Waals surface area contributed by atoms with Crippen LogP contribution in [0.3, 0.4) is 0 Å². The molecule has 0 saturated heterocycles. The van der Waals surface area contributed by atoms with E-state index in [4.69, 9.17) is 0 Å². The molecule has 4 nitrogen and oxygen atoms in total. The van der Waals surface area contributed by atoms with Crippen LogP contribution in [0.1, 0.15) is 34.7 Å². The van der Waals surface area contributed by atoms with Crippen molar-refractivity contribution in [1.29, 1.82) is 0 Å². The van der Waals surface area contributed by atoms with E-state index in [1.54, 1.807) is 4.68 Å². The summed E-state index contributed by atoms with van der Waals surface area (Å²) in [4.78, 5) is 12.3. The first kappa shape index (κ1) is 16.4. The Morgan fingerprint density at radius 3 is 2.69 bits per heavy atom. The summed E-state index contributed by atoms with van der Waals surface area (Å²) in [6, 6.07) is 11.0. The van der Waals surface area contributed by atoms with E-state index in [2.05, 4.69) is 10.4 Å². The molecule has 0 aliphatic carbocycles. The van der Waals surface area contributed by atoms with Gasteiger partial charge in [-0.05, 0) is 49.2 Å². The predicted octanol–water partition coefficient (Wildman–Crippen LogP) is 4.24. The number of nitrogens with one attached hydrogen (secondary N) is 1. The number of hydrogen-bond acceptors (Lipinski definition) is 2. The summed E-state index contributed by atoms with van der Waals surface area (Å²) < 4.78 is 29.8. The van der Waals surface area contributed by atoms with Crippen LogP contribution in [0.4, 0.5) is 14.6 Å². The van der Waals surface area contributed by atoms with Crippen LogP contribution in [-0.2, 0) is 4.79 Å². The van der Waals surface area contributed by atoms with Gasteiger partial charge in [0.15, 0.2) is 0 Å². The lowest BCUT2D eigenvalue weighted by Crippen LogP contribution is -2.25. The van der Waals surface area contributed by atoms with Crippen LogP contribution in [0.15, 0.2) is 42.5 Å². The molecule has 0 bridgehead atoms.